The van der Waals surface area contributed by atoms with Gasteiger partial charge in [-0.1, -0.05) is 35.9 Å². The fourth-order valence-electron chi connectivity index (χ4n) is 2.68. The number of benzene rings is 2. The van der Waals surface area contributed by atoms with Gasteiger partial charge < -0.3 is 14.6 Å². The fourth-order valence-corrected chi connectivity index (χ4v) is 2.90. The first-order valence-corrected chi connectivity index (χ1v) is 9.13. The summed E-state index contributed by atoms with van der Waals surface area (Å²) in [4.78, 5) is 16.3. The zero-order chi connectivity index (χ0) is 19.2. The quantitative estimate of drug-likeness (QED) is 0.671. The van der Waals surface area contributed by atoms with Crippen molar-refractivity contribution in [1.82, 2.24) is 14.9 Å². The highest BCUT2D eigenvalue weighted by molar-refractivity contribution is 6.30. The molecule has 140 valence electrons. The standard InChI is InChI=1S/C21H22ClN3O2/c1-15-11-19(22)7-8-20(15)27-16(2)21(26)24-12-17-3-5-18(6-4-17)13-25-10-9-23-14-25/h3-11,14,16H,12-13H2,1-2H3,(H,24,26). The van der Waals surface area contributed by atoms with Crippen LogP contribution in [0.1, 0.15) is 23.6 Å². The van der Waals surface area contributed by atoms with Crippen molar-refractivity contribution in [3.05, 3.63) is 82.9 Å². The normalized spacial score (nSPS) is 11.8. The molecule has 0 fully saturated rings. The number of aryl methyl sites for hydroxylation is 1. The molecule has 1 atom stereocenters. The highest BCUT2D eigenvalue weighted by Gasteiger charge is 2.15. The maximum atomic E-state index is 12.3. The summed E-state index contributed by atoms with van der Waals surface area (Å²) in [5, 5.41) is 3.56. The van der Waals surface area contributed by atoms with Gasteiger partial charge in [-0.15, -0.1) is 0 Å². The van der Waals surface area contributed by atoms with E-state index in [9.17, 15) is 4.79 Å². The maximum absolute atomic E-state index is 12.3. The van der Waals surface area contributed by atoms with Gasteiger partial charge in [0.1, 0.15) is 5.75 Å². The molecule has 0 radical (unpaired) electrons. The van der Waals surface area contributed by atoms with Crippen molar-refractivity contribution in [1.29, 1.82) is 0 Å². The smallest absolute Gasteiger partial charge is 0.261 e. The van der Waals surface area contributed by atoms with Gasteiger partial charge in [0.15, 0.2) is 6.10 Å². The Morgan fingerprint density at radius 1 is 1.22 bits per heavy atom. The van der Waals surface area contributed by atoms with E-state index >= 15 is 0 Å². The van der Waals surface area contributed by atoms with E-state index < -0.39 is 6.10 Å². The van der Waals surface area contributed by atoms with E-state index in [-0.39, 0.29) is 5.91 Å². The van der Waals surface area contributed by atoms with Crippen molar-refractivity contribution < 1.29 is 9.53 Å². The summed E-state index contributed by atoms with van der Waals surface area (Å²) in [5.41, 5.74) is 3.11. The SMILES string of the molecule is Cc1cc(Cl)ccc1OC(C)C(=O)NCc1ccc(Cn2ccnc2)cc1. The highest BCUT2D eigenvalue weighted by Crippen LogP contribution is 2.22. The molecule has 0 aliphatic carbocycles. The fraction of sp³-hybridized carbons (Fsp3) is 0.238. The van der Waals surface area contributed by atoms with Gasteiger partial charge in [-0.2, -0.15) is 0 Å². The molecule has 0 saturated heterocycles. The third kappa shape index (κ3) is 5.34. The molecule has 1 heterocycles. The lowest BCUT2D eigenvalue weighted by Gasteiger charge is -2.16. The summed E-state index contributed by atoms with van der Waals surface area (Å²) in [5.74, 6) is 0.498. The molecule has 0 saturated carbocycles. The van der Waals surface area contributed by atoms with Crippen LogP contribution in [0.4, 0.5) is 0 Å². The number of nitrogens with one attached hydrogen (secondary N) is 1. The molecule has 0 aliphatic rings. The summed E-state index contributed by atoms with van der Waals surface area (Å²) >= 11 is 5.94. The van der Waals surface area contributed by atoms with E-state index in [2.05, 4.69) is 22.4 Å². The second-order valence-corrected chi connectivity index (χ2v) is 6.88. The van der Waals surface area contributed by atoms with Gasteiger partial charge >= 0.3 is 0 Å². The van der Waals surface area contributed by atoms with Crippen LogP contribution < -0.4 is 10.1 Å². The van der Waals surface area contributed by atoms with E-state index in [1.807, 2.05) is 35.9 Å². The Labute approximate surface area is 164 Å². The number of aromatic nitrogens is 2. The number of hydrogen-bond acceptors (Lipinski definition) is 3. The average molecular weight is 384 g/mol. The summed E-state index contributed by atoms with van der Waals surface area (Å²) in [6.45, 7) is 4.87. The van der Waals surface area contributed by atoms with Gasteiger partial charge in [-0.25, -0.2) is 4.98 Å². The van der Waals surface area contributed by atoms with Crippen LogP contribution >= 0.6 is 11.6 Å². The Hall–Kier alpha value is -2.79. The van der Waals surface area contributed by atoms with Crippen LogP contribution in [-0.4, -0.2) is 21.6 Å². The monoisotopic (exact) mass is 383 g/mol. The van der Waals surface area contributed by atoms with Crippen LogP contribution in [0.2, 0.25) is 5.02 Å². The first kappa shape index (κ1) is 19.0. The first-order valence-electron chi connectivity index (χ1n) is 8.75. The van der Waals surface area contributed by atoms with Crippen LogP contribution in [0.15, 0.2) is 61.2 Å². The van der Waals surface area contributed by atoms with Crippen molar-refractivity contribution >= 4 is 17.5 Å². The summed E-state index contributed by atoms with van der Waals surface area (Å²) in [6, 6.07) is 13.5. The lowest BCUT2D eigenvalue weighted by Crippen LogP contribution is -2.36. The van der Waals surface area contributed by atoms with Crippen molar-refractivity contribution in [3.63, 3.8) is 0 Å². The van der Waals surface area contributed by atoms with Crippen molar-refractivity contribution in [2.75, 3.05) is 0 Å². The van der Waals surface area contributed by atoms with Gasteiger partial charge in [0.25, 0.3) is 5.91 Å². The van der Waals surface area contributed by atoms with Gasteiger partial charge in [-0.05, 0) is 48.7 Å². The molecule has 27 heavy (non-hydrogen) atoms. The zero-order valence-corrected chi connectivity index (χ0v) is 16.1. The number of ether oxygens (including phenoxy) is 1. The number of amides is 1. The minimum Gasteiger partial charge on any atom is -0.481 e. The first-order chi connectivity index (χ1) is 13.0. The number of halogens is 1. The molecule has 1 amide bonds. The molecule has 5 nitrogen and oxygen atoms in total. The minimum atomic E-state index is -0.592. The number of rotatable bonds is 7. The molecule has 1 unspecified atom stereocenters. The minimum absolute atomic E-state index is 0.160. The molecular weight excluding hydrogens is 362 g/mol. The Morgan fingerprint density at radius 2 is 1.96 bits per heavy atom. The Kier molecular flexibility index (Phi) is 6.14. The maximum Gasteiger partial charge on any atom is 0.261 e. The van der Waals surface area contributed by atoms with Crippen LogP contribution in [0.5, 0.6) is 5.75 Å². The summed E-state index contributed by atoms with van der Waals surface area (Å²) in [6.07, 6.45) is 4.89. The second kappa shape index (κ2) is 8.73. The van der Waals surface area contributed by atoms with Crippen molar-refractivity contribution in [2.45, 2.75) is 33.0 Å². The number of carbonyl (C=O) groups is 1. The zero-order valence-electron chi connectivity index (χ0n) is 15.4. The number of carbonyl (C=O) groups excluding carboxylic acids is 1. The largest absolute Gasteiger partial charge is 0.481 e. The van der Waals surface area contributed by atoms with Crippen LogP contribution in [0.3, 0.4) is 0 Å². The molecule has 3 aromatic rings. The van der Waals surface area contributed by atoms with E-state index in [0.717, 1.165) is 17.7 Å². The second-order valence-electron chi connectivity index (χ2n) is 6.44. The lowest BCUT2D eigenvalue weighted by atomic mass is 10.1. The molecule has 0 aliphatic heterocycles. The van der Waals surface area contributed by atoms with Gasteiger partial charge in [0, 0.05) is 30.5 Å². The number of nitrogens with zero attached hydrogens (tertiary/aromatic N) is 2. The molecule has 3 rings (SSSR count). The van der Waals surface area contributed by atoms with E-state index in [1.165, 1.54) is 5.56 Å². The lowest BCUT2D eigenvalue weighted by molar-refractivity contribution is -0.127. The summed E-state index contributed by atoms with van der Waals surface area (Å²) < 4.78 is 7.76. The molecule has 2 aromatic carbocycles. The molecular formula is C21H22ClN3O2. The van der Waals surface area contributed by atoms with Gasteiger partial charge in [0.05, 0.1) is 6.33 Å². The molecule has 1 aromatic heterocycles. The number of hydrogen-bond donors (Lipinski definition) is 1. The van der Waals surface area contributed by atoms with E-state index in [1.54, 1.807) is 31.6 Å². The van der Waals surface area contributed by atoms with Crippen LogP contribution in [-0.2, 0) is 17.9 Å². The van der Waals surface area contributed by atoms with Gasteiger partial charge in [0.2, 0.25) is 0 Å². The Balaban J connectivity index is 1.50. The Morgan fingerprint density at radius 3 is 2.63 bits per heavy atom. The highest BCUT2D eigenvalue weighted by atomic mass is 35.5. The van der Waals surface area contributed by atoms with Crippen molar-refractivity contribution in [2.24, 2.45) is 0 Å². The third-order valence-corrected chi connectivity index (χ3v) is 4.46. The third-order valence-electron chi connectivity index (χ3n) is 4.22. The van der Waals surface area contributed by atoms with Crippen molar-refractivity contribution in [3.8, 4) is 5.75 Å². The predicted molar refractivity (Wildman–Crippen MR) is 106 cm³/mol. The average Bonchev–Trinajstić information content (AvgIpc) is 3.16. The molecule has 0 spiro atoms. The van der Waals surface area contributed by atoms with E-state index in [4.69, 9.17) is 16.3 Å². The van der Waals surface area contributed by atoms with Gasteiger partial charge in [-0.3, -0.25) is 4.79 Å². The molecule has 1 N–H and O–H groups in total. The molecule has 6 heteroatoms. The molecule has 0 bridgehead atoms. The number of imidazole rings is 1. The summed E-state index contributed by atoms with van der Waals surface area (Å²) in [7, 11) is 0. The van der Waals surface area contributed by atoms with Crippen LogP contribution in [0.25, 0.3) is 0 Å². The van der Waals surface area contributed by atoms with Crippen LogP contribution in [0, 0.1) is 6.92 Å². The Bertz CT molecular complexity index is 892. The topological polar surface area (TPSA) is 56.1 Å². The van der Waals surface area contributed by atoms with E-state index in [0.29, 0.717) is 17.3 Å². The predicted octanol–water partition coefficient (Wildman–Crippen LogP) is 3.98.